The first-order valence-corrected chi connectivity index (χ1v) is 13.4. The molecule has 1 unspecified atom stereocenters. The first kappa shape index (κ1) is 31.7. The van der Waals surface area contributed by atoms with Gasteiger partial charge in [-0.3, -0.25) is 9.59 Å². The molecule has 1 aromatic heterocycles. The molecule has 8 nitrogen and oxygen atoms in total. The number of amides is 1. The Labute approximate surface area is 250 Å². The van der Waals surface area contributed by atoms with Crippen LogP contribution in [0.2, 0.25) is 0 Å². The van der Waals surface area contributed by atoms with Gasteiger partial charge in [-0.25, -0.2) is 14.2 Å². The predicted octanol–water partition coefficient (Wildman–Crippen LogP) is 6.26. The molecule has 0 saturated heterocycles. The van der Waals surface area contributed by atoms with Crippen molar-refractivity contribution >= 4 is 23.7 Å². The Balaban J connectivity index is 1.43. The van der Waals surface area contributed by atoms with Gasteiger partial charge in [0.2, 0.25) is 0 Å². The van der Waals surface area contributed by atoms with E-state index in [9.17, 15) is 31.9 Å². The Bertz CT molecular complexity index is 1580. The average molecular weight is 610 g/mol. The number of esters is 2. The summed E-state index contributed by atoms with van der Waals surface area (Å²) in [6, 6.07) is 22.7. The van der Waals surface area contributed by atoms with Gasteiger partial charge >= 0.3 is 18.1 Å². The van der Waals surface area contributed by atoms with Gasteiger partial charge < -0.3 is 20.1 Å². The smallest absolute Gasteiger partial charge is 0.491 e. The molecule has 0 bridgehead atoms. The van der Waals surface area contributed by atoms with E-state index in [1.165, 1.54) is 42.5 Å². The van der Waals surface area contributed by atoms with Crippen LogP contribution in [0.3, 0.4) is 0 Å². The average Bonchev–Trinajstić information content (AvgIpc) is 3.01. The van der Waals surface area contributed by atoms with Crippen LogP contribution < -0.4 is 15.4 Å². The highest BCUT2D eigenvalue weighted by atomic mass is 19.4. The Morgan fingerprint density at radius 3 is 2.34 bits per heavy atom. The third kappa shape index (κ3) is 9.38. The molecule has 4 rings (SSSR count). The molecule has 44 heavy (non-hydrogen) atoms. The van der Waals surface area contributed by atoms with Gasteiger partial charge in [-0.15, -0.1) is 0 Å². The molecular formula is C32H27F4N3O5. The van der Waals surface area contributed by atoms with E-state index in [0.717, 1.165) is 5.82 Å². The molecule has 0 saturated carbocycles. The molecule has 1 atom stereocenters. The van der Waals surface area contributed by atoms with Crippen LogP contribution in [0.5, 0.6) is 5.75 Å². The first-order chi connectivity index (χ1) is 21.1. The van der Waals surface area contributed by atoms with Crippen molar-refractivity contribution in [1.29, 1.82) is 0 Å². The molecule has 0 spiro atoms. The van der Waals surface area contributed by atoms with Crippen LogP contribution in [0, 0.1) is 5.82 Å². The van der Waals surface area contributed by atoms with Crippen molar-refractivity contribution in [3.8, 4) is 16.9 Å². The number of halogens is 4. The van der Waals surface area contributed by atoms with Gasteiger partial charge in [-0.05, 0) is 65.6 Å². The summed E-state index contributed by atoms with van der Waals surface area (Å²) in [6.45, 7) is 0.939. The van der Waals surface area contributed by atoms with Crippen LogP contribution in [0.25, 0.3) is 11.1 Å². The number of rotatable bonds is 12. The van der Waals surface area contributed by atoms with E-state index in [0.29, 0.717) is 42.0 Å². The molecule has 0 aliphatic rings. The second kappa shape index (κ2) is 14.8. The maximum Gasteiger partial charge on any atom is 0.491 e. The highest BCUT2D eigenvalue weighted by Crippen LogP contribution is 2.26. The van der Waals surface area contributed by atoms with Crippen LogP contribution in [0.1, 0.15) is 34.8 Å². The van der Waals surface area contributed by atoms with Crippen LogP contribution in [-0.4, -0.2) is 42.2 Å². The number of hydrogen-bond donors (Lipinski definition) is 2. The summed E-state index contributed by atoms with van der Waals surface area (Å²) in [7, 11) is 0. The van der Waals surface area contributed by atoms with E-state index in [4.69, 9.17) is 4.74 Å². The van der Waals surface area contributed by atoms with Gasteiger partial charge in [0, 0.05) is 18.3 Å². The maximum atomic E-state index is 13.7. The number of carbonyl (C=O) groups excluding carboxylic acids is 3. The van der Waals surface area contributed by atoms with E-state index >= 15 is 0 Å². The van der Waals surface area contributed by atoms with Gasteiger partial charge in [0.15, 0.2) is 0 Å². The molecule has 2 N–H and O–H groups in total. The van der Waals surface area contributed by atoms with Gasteiger partial charge in [-0.1, -0.05) is 48.5 Å². The number of anilines is 1. The maximum absolute atomic E-state index is 13.7. The zero-order chi connectivity index (χ0) is 31.5. The van der Waals surface area contributed by atoms with Crippen molar-refractivity contribution in [1.82, 2.24) is 10.3 Å². The van der Waals surface area contributed by atoms with Crippen molar-refractivity contribution in [2.24, 2.45) is 0 Å². The highest BCUT2D eigenvalue weighted by molar-refractivity contribution is 5.95. The Morgan fingerprint density at radius 1 is 0.864 bits per heavy atom. The number of nitrogens with zero attached hydrogens (tertiary/aromatic N) is 1. The van der Waals surface area contributed by atoms with Gasteiger partial charge in [0.05, 0.1) is 19.1 Å². The van der Waals surface area contributed by atoms with E-state index in [1.54, 1.807) is 36.5 Å². The molecule has 0 fully saturated rings. The largest absolute Gasteiger partial charge is 0.494 e. The molecular weight excluding hydrogens is 582 g/mol. The minimum absolute atomic E-state index is 0.162. The lowest BCUT2D eigenvalue weighted by Gasteiger charge is -2.19. The molecule has 3 aromatic carbocycles. The zero-order valence-corrected chi connectivity index (χ0v) is 23.1. The number of ether oxygens (including phenoxy) is 2. The third-order valence-electron chi connectivity index (χ3n) is 6.24. The van der Waals surface area contributed by atoms with Crippen molar-refractivity contribution in [2.75, 3.05) is 18.5 Å². The van der Waals surface area contributed by atoms with Crippen LogP contribution in [-0.2, 0) is 14.3 Å². The van der Waals surface area contributed by atoms with E-state index in [1.807, 2.05) is 18.2 Å². The van der Waals surface area contributed by atoms with Gasteiger partial charge in [-0.2, -0.15) is 13.2 Å². The van der Waals surface area contributed by atoms with E-state index in [2.05, 4.69) is 20.4 Å². The number of carbonyl (C=O) groups is 3. The van der Waals surface area contributed by atoms with Crippen molar-refractivity contribution in [3.63, 3.8) is 0 Å². The molecule has 0 aliphatic carbocycles. The fourth-order valence-electron chi connectivity index (χ4n) is 4.11. The molecule has 1 heterocycles. The fourth-order valence-corrected chi connectivity index (χ4v) is 4.11. The topological polar surface area (TPSA) is 107 Å². The number of nitrogens with one attached hydrogen (secondary N) is 2. The summed E-state index contributed by atoms with van der Waals surface area (Å²) in [5, 5.41) is 5.77. The Morgan fingerprint density at radius 2 is 1.64 bits per heavy atom. The summed E-state index contributed by atoms with van der Waals surface area (Å²) in [5.74, 6) is -4.10. The minimum Gasteiger partial charge on any atom is -0.494 e. The van der Waals surface area contributed by atoms with Crippen molar-refractivity contribution < 1.29 is 41.4 Å². The summed E-state index contributed by atoms with van der Waals surface area (Å²) in [5.41, 5.74) is 1.68. The van der Waals surface area contributed by atoms with E-state index < -0.39 is 42.3 Å². The quantitative estimate of drug-likeness (QED) is 0.0845. The number of aromatic nitrogens is 1. The Kier molecular flexibility index (Phi) is 10.6. The summed E-state index contributed by atoms with van der Waals surface area (Å²) < 4.78 is 61.3. The number of benzene rings is 3. The number of hydrogen-bond acceptors (Lipinski definition) is 7. The molecule has 1 amide bonds. The second-order valence-corrected chi connectivity index (χ2v) is 9.49. The van der Waals surface area contributed by atoms with Gasteiger partial charge in [0.1, 0.15) is 17.4 Å². The normalized spacial score (nSPS) is 11.7. The number of pyridine rings is 1. The third-order valence-corrected chi connectivity index (χ3v) is 6.24. The van der Waals surface area contributed by atoms with Crippen LogP contribution >= 0.6 is 0 Å². The second-order valence-electron chi connectivity index (χ2n) is 9.49. The molecule has 4 aromatic rings. The standard InChI is InChI=1S/C32H27F4N3O5/c33-25-8-3-6-23(18-25)21-11-13-22(14-12-21)27(20-29(40)44-31(42)32(34,35)36)39-30(41)24-7-4-9-26(19-24)43-17-5-16-38-28-10-1-2-15-37-28/h1-4,6-15,18-19,27H,5,16-17,20H2,(H,37,38)(H,39,41). The predicted molar refractivity (Wildman–Crippen MR) is 153 cm³/mol. The molecule has 0 radical (unpaired) electrons. The van der Waals surface area contributed by atoms with Crippen LogP contribution in [0.15, 0.2) is 97.2 Å². The lowest BCUT2D eigenvalue weighted by atomic mass is 9.98. The molecule has 12 heteroatoms. The summed E-state index contributed by atoms with van der Waals surface area (Å²) in [4.78, 5) is 40.8. The highest BCUT2D eigenvalue weighted by Gasteiger charge is 2.42. The first-order valence-electron chi connectivity index (χ1n) is 13.4. The molecule has 228 valence electrons. The molecule has 0 aliphatic heterocycles. The lowest BCUT2D eigenvalue weighted by Crippen LogP contribution is -2.33. The van der Waals surface area contributed by atoms with Crippen molar-refractivity contribution in [2.45, 2.75) is 25.1 Å². The van der Waals surface area contributed by atoms with Crippen LogP contribution in [0.4, 0.5) is 23.4 Å². The summed E-state index contributed by atoms with van der Waals surface area (Å²) in [6.07, 6.45) is -3.82. The fraction of sp³-hybridized carbons (Fsp3) is 0.188. The minimum atomic E-state index is -5.37. The van der Waals surface area contributed by atoms with Gasteiger partial charge in [0.25, 0.3) is 5.91 Å². The lowest BCUT2D eigenvalue weighted by molar-refractivity contribution is -0.202. The zero-order valence-electron chi connectivity index (χ0n) is 23.1. The summed E-state index contributed by atoms with van der Waals surface area (Å²) >= 11 is 0. The van der Waals surface area contributed by atoms with E-state index in [-0.39, 0.29) is 5.56 Å². The van der Waals surface area contributed by atoms with Crippen molar-refractivity contribution in [3.05, 3.63) is 114 Å². The number of alkyl halides is 3. The SMILES string of the molecule is O=C(CC(NC(=O)c1cccc(OCCCNc2ccccn2)c1)c1ccc(-c2cccc(F)c2)cc1)OC(=O)C(F)(F)F. The Hall–Kier alpha value is -5.26. The monoisotopic (exact) mass is 609 g/mol.